The Bertz CT molecular complexity index is 472. The molecule has 1 amide bonds. The number of hydrogen-bond acceptors (Lipinski definition) is 4. The third-order valence-corrected chi connectivity index (χ3v) is 3.20. The first kappa shape index (κ1) is 13.6. The minimum atomic E-state index is -0.360. The second-order valence-corrected chi connectivity index (χ2v) is 4.78. The van der Waals surface area contributed by atoms with Crippen LogP contribution in [0.3, 0.4) is 0 Å². The minimum absolute atomic E-state index is 0.0153. The molecule has 0 bridgehead atoms. The van der Waals surface area contributed by atoms with Crippen LogP contribution in [0, 0.1) is 13.8 Å². The van der Waals surface area contributed by atoms with Crippen molar-refractivity contribution >= 4 is 11.9 Å². The molecule has 0 unspecified atom stereocenters. The van der Waals surface area contributed by atoms with Crippen molar-refractivity contribution in [3.8, 4) is 0 Å². The molecule has 6 heteroatoms. The maximum atomic E-state index is 12.5. The van der Waals surface area contributed by atoms with E-state index in [1.807, 2.05) is 6.92 Å². The van der Waals surface area contributed by atoms with Crippen LogP contribution in [0.2, 0.25) is 0 Å². The van der Waals surface area contributed by atoms with Gasteiger partial charge in [0.05, 0.1) is 17.9 Å². The first-order chi connectivity index (χ1) is 9.04. The summed E-state index contributed by atoms with van der Waals surface area (Å²) in [7, 11) is 0. The summed E-state index contributed by atoms with van der Waals surface area (Å²) in [6.45, 7) is 5.69. The highest BCUT2D eigenvalue weighted by atomic mass is 16.5. The quantitative estimate of drug-likeness (QED) is 0.811. The minimum Gasteiger partial charge on any atom is -0.465 e. The molecule has 6 nitrogen and oxygen atoms in total. The second-order valence-electron chi connectivity index (χ2n) is 4.78. The van der Waals surface area contributed by atoms with Crippen LogP contribution in [0.15, 0.2) is 0 Å². The fraction of sp³-hybridized carbons (Fsp3) is 0.615. The number of esters is 1. The lowest BCUT2D eigenvalue weighted by Crippen LogP contribution is -2.38. The van der Waals surface area contributed by atoms with Crippen molar-refractivity contribution in [2.75, 3.05) is 13.2 Å². The van der Waals surface area contributed by atoms with Crippen molar-refractivity contribution in [2.45, 2.75) is 39.7 Å². The number of amides is 1. The summed E-state index contributed by atoms with van der Waals surface area (Å²) in [6, 6.07) is 0.158. The Morgan fingerprint density at radius 3 is 2.58 bits per heavy atom. The van der Waals surface area contributed by atoms with Crippen LogP contribution in [0.25, 0.3) is 0 Å². The zero-order valence-electron chi connectivity index (χ0n) is 11.5. The number of carbonyl (C=O) groups is 2. The van der Waals surface area contributed by atoms with Gasteiger partial charge in [0.1, 0.15) is 6.54 Å². The highest BCUT2D eigenvalue weighted by molar-refractivity contribution is 5.98. The summed E-state index contributed by atoms with van der Waals surface area (Å²) in [5.74, 6) is -0.499. The Labute approximate surface area is 112 Å². The van der Waals surface area contributed by atoms with Crippen molar-refractivity contribution in [1.82, 2.24) is 15.1 Å². The predicted molar refractivity (Wildman–Crippen MR) is 68.8 cm³/mol. The molecule has 1 aliphatic rings. The van der Waals surface area contributed by atoms with Gasteiger partial charge in [-0.05, 0) is 33.6 Å². The van der Waals surface area contributed by atoms with Gasteiger partial charge in [-0.1, -0.05) is 0 Å². The average molecular weight is 265 g/mol. The van der Waals surface area contributed by atoms with E-state index in [9.17, 15) is 9.59 Å². The number of nitrogens with zero attached hydrogens (tertiary/aromatic N) is 2. The molecular formula is C13H19N3O3. The summed E-state index contributed by atoms with van der Waals surface area (Å²) in [5.41, 5.74) is 1.96. The van der Waals surface area contributed by atoms with Crippen LogP contribution in [0.4, 0.5) is 0 Å². The van der Waals surface area contributed by atoms with E-state index in [1.54, 1.807) is 18.7 Å². The highest BCUT2D eigenvalue weighted by Crippen LogP contribution is 2.29. The van der Waals surface area contributed by atoms with Crippen LogP contribution < -0.4 is 0 Å². The number of aryl methyl sites for hydroxylation is 2. The molecule has 19 heavy (non-hydrogen) atoms. The lowest BCUT2D eigenvalue weighted by atomic mass is 10.1. The molecule has 104 valence electrons. The van der Waals surface area contributed by atoms with Crippen molar-refractivity contribution in [1.29, 1.82) is 0 Å². The molecule has 0 saturated heterocycles. The highest BCUT2D eigenvalue weighted by Gasteiger charge is 2.36. The largest absolute Gasteiger partial charge is 0.465 e. The van der Waals surface area contributed by atoms with Crippen LogP contribution in [-0.4, -0.2) is 46.2 Å². The Balaban J connectivity index is 2.15. The topological polar surface area (TPSA) is 75.3 Å². The van der Waals surface area contributed by atoms with Crippen molar-refractivity contribution in [3.63, 3.8) is 0 Å². The number of carbonyl (C=O) groups excluding carboxylic acids is 2. The standard InChI is InChI=1S/C13H19N3O3/c1-4-19-11(17)7-16(10-5-6-10)13(18)12-8(2)14-15-9(12)3/h10H,4-7H2,1-3H3,(H,14,15). The van der Waals surface area contributed by atoms with E-state index in [4.69, 9.17) is 4.74 Å². The number of aromatic amines is 1. The van der Waals surface area contributed by atoms with Gasteiger partial charge < -0.3 is 9.64 Å². The molecule has 0 aromatic carbocycles. The summed E-state index contributed by atoms with van der Waals surface area (Å²) >= 11 is 0. The van der Waals surface area contributed by atoms with Gasteiger partial charge in [0, 0.05) is 11.7 Å². The molecule has 1 heterocycles. The summed E-state index contributed by atoms with van der Waals surface area (Å²) in [6.07, 6.45) is 1.89. The molecule has 1 fully saturated rings. The van der Waals surface area contributed by atoms with Gasteiger partial charge >= 0.3 is 5.97 Å². The first-order valence-corrected chi connectivity index (χ1v) is 6.52. The van der Waals surface area contributed by atoms with Crippen LogP contribution >= 0.6 is 0 Å². The molecule has 0 radical (unpaired) electrons. The maximum Gasteiger partial charge on any atom is 0.325 e. The van der Waals surface area contributed by atoms with E-state index in [1.165, 1.54) is 0 Å². The SMILES string of the molecule is CCOC(=O)CN(C(=O)c1c(C)n[nH]c1C)C1CC1. The van der Waals surface area contributed by atoms with Gasteiger partial charge in [0.25, 0.3) is 5.91 Å². The van der Waals surface area contributed by atoms with Crippen molar-refractivity contribution < 1.29 is 14.3 Å². The summed E-state index contributed by atoms with van der Waals surface area (Å²) < 4.78 is 4.92. The average Bonchev–Trinajstić information content (AvgIpc) is 3.13. The number of nitrogens with one attached hydrogen (secondary N) is 1. The van der Waals surface area contributed by atoms with E-state index in [0.29, 0.717) is 17.9 Å². The van der Waals surface area contributed by atoms with Crippen molar-refractivity contribution in [2.24, 2.45) is 0 Å². The van der Waals surface area contributed by atoms with E-state index in [-0.39, 0.29) is 24.5 Å². The molecular weight excluding hydrogens is 246 g/mol. The molecule has 1 aromatic heterocycles. The zero-order valence-corrected chi connectivity index (χ0v) is 11.5. The van der Waals surface area contributed by atoms with Gasteiger partial charge in [0.2, 0.25) is 0 Å². The van der Waals surface area contributed by atoms with Gasteiger partial charge in [-0.2, -0.15) is 5.10 Å². The molecule has 1 aliphatic carbocycles. The fourth-order valence-electron chi connectivity index (χ4n) is 2.11. The molecule has 1 aromatic rings. The molecule has 1 saturated carbocycles. The van der Waals surface area contributed by atoms with Crippen LogP contribution in [0.1, 0.15) is 41.5 Å². The first-order valence-electron chi connectivity index (χ1n) is 6.52. The van der Waals surface area contributed by atoms with Gasteiger partial charge in [-0.3, -0.25) is 14.7 Å². The van der Waals surface area contributed by atoms with E-state index >= 15 is 0 Å². The summed E-state index contributed by atoms with van der Waals surface area (Å²) in [4.78, 5) is 25.7. The number of hydrogen-bond donors (Lipinski definition) is 1. The zero-order chi connectivity index (χ0) is 14.0. The van der Waals surface area contributed by atoms with Gasteiger partial charge in [-0.25, -0.2) is 0 Å². The lowest BCUT2D eigenvalue weighted by molar-refractivity contribution is -0.144. The monoisotopic (exact) mass is 265 g/mol. The normalized spacial score (nSPS) is 14.3. The Kier molecular flexibility index (Phi) is 3.87. The van der Waals surface area contributed by atoms with E-state index < -0.39 is 0 Å². The smallest absolute Gasteiger partial charge is 0.325 e. The number of H-pyrrole nitrogens is 1. The van der Waals surface area contributed by atoms with Gasteiger partial charge in [-0.15, -0.1) is 0 Å². The third-order valence-electron chi connectivity index (χ3n) is 3.20. The lowest BCUT2D eigenvalue weighted by Gasteiger charge is -2.21. The predicted octanol–water partition coefficient (Wildman–Crippen LogP) is 1.19. The van der Waals surface area contributed by atoms with Crippen molar-refractivity contribution in [3.05, 3.63) is 17.0 Å². The molecule has 2 rings (SSSR count). The van der Waals surface area contributed by atoms with E-state index in [0.717, 1.165) is 18.5 Å². The van der Waals surface area contributed by atoms with Gasteiger partial charge in [0.15, 0.2) is 0 Å². The fourth-order valence-corrected chi connectivity index (χ4v) is 2.11. The number of rotatable bonds is 5. The Hall–Kier alpha value is -1.85. The van der Waals surface area contributed by atoms with Crippen LogP contribution in [-0.2, 0) is 9.53 Å². The number of ether oxygens (including phenoxy) is 1. The molecule has 0 atom stereocenters. The molecule has 0 aliphatic heterocycles. The molecule has 1 N–H and O–H groups in total. The number of aromatic nitrogens is 2. The second kappa shape index (κ2) is 5.42. The Morgan fingerprint density at radius 2 is 2.11 bits per heavy atom. The summed E-state index contributed by atoms with van der Waals surface area (Å²) in [5, 5.41) is 6.82. The maximum absolute atomic E-state index is 12.5. The van der Waals surface area contributed by atoms with Crippen LogP contribution in [0.5, 0.6) is 0 Å². The molecule has 0 spiro atoms. The Morgan fingerprint density at radius 1 is 1.42 bits per heavy atom. The third kappa shape index (κ3) is 2.94. The van der Waals surface area contributed by atoms with E-state index in [2.05, 4.69) is 10.2 Å².